The van der Waals surface area contributed by atoms with Gasteiger partial charge < -0.3 is 14.7 Å². The van der Waals surface area contributed by atoms with Gasteiger partial charge in [0.25, 0.3) is 0 Å². The van der Waals surface area contributed by atoms with Gasteiger partial charge in [-0.2, -0.15) is 0 Å². The Morgan fingerprint density at radius 3 is 2.28 bits per heavy atom. The molecule has 0 bridgehead atoms. The molecule has 6 heteroatoms. The smallest absolute Gasteiger partial charge is 0.409 e. The van der Waals surface area contributed by atoms with Crippen molar-refractivity contribution in [3.63, 3.8) is 0 Å². The Kier molecular flexibility index (Phi) is 5.91. The second-order valence-corrected chi connectivity index (χ2v) is 4.43. The average Bonchev–Trinajstić information content (AvgIpc) is 2.36. The van der Waals surface area contributed by atoms with Crippen LogP contribution in [0.5, 0.6) is 0 Å². The molecule has 18 heavy (non-hydrogen) atoms. The van der Waals surface area contributed by atoms with Crippen molar-refractivity contribution >= 4 is 12.1 Å². The van der Waals surface area contributed by atoms with Crippen LogP contribution in [0.4, 0.5) is 4.79 Å². The number of carbonyl (C=O) groups excluding carboxylic acids is 1. The van der Waals surface area contributed by atoms with Gasteiger partial charge in [-0.05, 0) is 13.3 Å². The molecule has 104 valence electrons. The molecular weight excluding hydrogens is 236 g/mol. The van der Waals surface area contributed by atoms with Gasteiger partial charge in [-0.3, -0.25) is 9.69 Å². The number of amides is 1. The number of carboxylic acid groups (broad SMARTS) is 1. The third-order valence-corrected chi connectivity index (χ3v) is 3.22. The summed E-state index contributed by atoms with van der Waals surface area (Å²) in [5.41, 5.74) is 0. The third-order valence-electron chi connectivity index (χ3n) is 3.22. The fourth-order valence-corrected chi connectivity index (χ4v) is 2.02. The lowest BCUT2D eigenvalue weighted by Gasteiger charge is -2.35. The van der Waals surface area contributed by atoms with Crippen LogP contribution in [0.2, 0.25) is 0 Å². The molecule has 1 saturated heterocycles. The fourth-order valence-electron chi connectivity index (χ4n) is 2.02. The molecule has 6 nitrogen and oxygen atoms in total. The van der Waals surface area contributed by atoms with Crippen molar-refractivity contribution in [1.82, 2.24) is 9.80 Å². The number of ether oxygens (including phenoxy) is 1. The van der Waals surface area contributed by atoms with Gasteiger partial charge in [0.1, 0.15) is 0 Å². The molecule has 0 radical (unpaired) electrons. The number of hydrogen-bond acceptors (Lipinski definition) is 4. The highest BCUT2D eigenvalue weighted by Gasteiger charge is 2.25. The number of nitrogens with zero attached hydrogens (tertiary/aromatic N) is 2. The lowest BCUT2D eigenvalue weighted by Crippen LogP contribution is -2.50. The summed E-state index contributed by atoms with van der Waals surface area (Å²) in [5, 5.41) is 9.00. The maximum atomic E-state index is 11.5. The summed E-state index contributed by atoms with van der Waals surface area (Å²) in [6, 6.07) is 0. The number of rotatable bonds is 5. The molecule has 1 unspecified atom stereocenters. The minimum absolute atomic E-state index is 0.276. The molecule has 1 atom stereocenters. The van der Waals surface area contributed by atoms with Crippen LogP contribution in [0.15, 0.2) is 0 Å². The molecule has 0 aromatic rings. The van der Waals surface area contributed by atoms with Gasteiger partial charge in [0, 0.05) is 32.7 Å². The van der Waals surface area contributed by atoms with Gasteiger partial charge in [0.2, 0.25) is 0 Å². The number of hydrogen-bond donors (Lipinski definition) is 1. The Morgan fingerprint density at radius 1 is 1.22 bits per heavy atom. The molecule has 1 rings (SSSR count). The van der Waals surface area contributed by atoms with Gasteiger partial charge in [0.05, 0.1) is 12.5 Å². The summed E-state index contributed by atoms with van der Waals surface area (Å²) >= 11 is 0. The molecule has 0 aromatic heterocycles. The van der Waals surface area contributed by atoms with Crippen molar-refractivity contribution in [1.29, 1.82) is 0 Å². The molecule has 0 spiro atoms. The maximum absolute atomic E-state index is 11.5. The maximum Gasteiger partial charge on any atom is 0.409 e. The Hall–Kier alpha value is -1.30. The van der Waals surface area contributed by atoms with Gasteiger partial charge in [-0.15, -0.1) is 0 Å². The minimum Gasteiger partial charge on any atom is -0.481 e. The number of aliphatic carboxylic acids is 1. The van der Waals surface area contributed by atoms with Crippen LogP contribution in [-0.4, -0.2) is 66.3 Å². The van der Waals surface area contributed by atoms with Crippen LogP contribution in [0.3, 0.4) is 0 Å². The van der Waals surface area contributed by atoms with E-state index in [4.69, 9.17) is 9.84 Å². The lowest BCUT2D eigenvalue weighted by molar-refractivity contribution is -0.142. The molecule has 1 heterocycles. The standard InChI is InChI=1S/C12H22N2O4/c1-3-10(11(15)16)9-13-5-7-14(8-6-13)12(17)18-4-2/h10H,3-9H2,1-2H3,(H,15,16). The summed E-state index contributed by atoms with van der Waals surface area (Å²) < 4.78 is 4.93. The summed E-state index contributed by atoms with van der Waals surface area (Å²) in [4.78, 5) is 26.2. The predicted octanol–water partition coefficient (Wildman–Crippen LogP) is 0.871. The van der Waals surface area contributed by atoms with Crippen molar-refractivity contribution in [3.8, 4) is 0 Å². The molecule has 1 fully saturated rings. The Balaban J connectivity index is 2.35. The molecular formula is C12H22N2O4. The monoisotopic (exact) mass is 258 g/mol. The first kappa shape index (κ1) is 14.8. The van der Waals surface area contributed by atoms with Crippen LogP contribution in [0.25, 0.3) is 0 Å². The topological polar surface area (TPSA) is 70.1 Å². The predicted molar refractivity (Wildman–Crippen MR) is 66.5 cm³/mol. The Labute approximate surface area is 107 Å². The van der Waals surface area contributed by atoms with Crippen LogP contribution >= 0.6 is 0 Å². The molecule has 0 aliphatic carbocycles. The highest BCUT2D eigenvalue weighted by molar-refractivity contribution is 5.70. The van der Waals surface area contributed by atoms with Crippen LogP contribution < -0.4 is 0 Å². The number of piperazine rings is 1. The van der Waals surface area contributed by atoms with Gasteiger partial charge >= 0.3 is 12.1 Å². The highest BCUT2D eigenvalue weighted by atomic mass is 16.6. The average molecular weight is 258 g/mol. The molecule has 1 aliphatic heterocycles. The van der Waals surface area contributed by atoms with Crippen molar-refractivity contribution in [2.45, 2.75) is 20.3 Å². The normalized spacial score (nSPS) is 18.4. The van der Waals surface area contributed by atoms with E-state index in [1.807, 2.05) is 6.92 Å². The molecule has 0 saturated carbocycles. The SMILES string of the molecule is CCOC(=O)N1CCN(CC(CC)C(=O)O)CC1. The zero-order valence-corrected chi connectivity index (χ0v) is 11.1. The van der Waals surface area contributed by atoms with Gasteiger partial charge in [-0.1, -0.05) is 6.92 Å². The van der Waals surface area contributed by atoms with E-state index >= 15 is 0 Å². The van der Waals surface area contributed by atoms with Crippen molar-refractivity contribution in [2.24, 2.45) is 5.92 Å². The number of carboxylic acids is 1. The van der Waals surface area contributed by atoms with Crippen molar-refractivity contribution < 1.29 is 19.4 Å². The summed E-state index contributed by atoms with van der Waals surface area (Å²) in [5.74, 6) is -1.07. The molecule has 1 amide bonds. The van der Waals surface area contributed by atoms with Crippen molar-refractivity contribution in [3.05, 3.63) is 0 Å². The van der Waals surface area contributed by atoms with E-state index in [1.54, 1.807) is 11.8 Å². The third kappa shape index (κ3) is 4.18. The zero-order chi connectivity index (χ0) is 13.5. The minimum atomic E-state index is -0.745. The van der Waals surface area contributed by atoms with E-state index in [0.29, 0.717) is 45.8 Å². The first-order valence-electron chi connectivity index (χ1n) is 6.45. The van der Waals surface area contributed by atoms with Gasteiger partial charge in [0.15, 0.2) is 0 Å². The van der Waals surface area contributed by atoms with Crippen LogP contribution in [-0.2, 0) is 9.53 Å². The van der Waals surface area contributed by atoms with E-state index in [2.05, 4.69) is 4.90 Å². The largest absolute Gasteiger partial charge is 0.481 e. The lowest BCUT2D eigenvalue weighted by atomic mass is 10.1. The van der Waals surface area contributed by atoms with Crippen molar-refractivity contribution in [2.75, 3.05) is 39.3 Å². The first-order chi connectivity index (χ1) is 8.58. The first-order valence-corrected chi connectivity index (χ1v) is 6.45. The summed E-state index contributed by atoms with van der Waals surface area (Å²) in [6.07, 6.45) is 0.357. The second-order valence-electron chi connectivity index (χ2n) is 4.43. The Bertz CT molecular complexity index is 288. The molecule has 1 N–H and O–H groups in total. The van der Waals surface area contributed by atoms with E-state index in [1.165, 1.54) is 0 Å². The van der Waals surface area contributed by atoms with Gasteiger partial charge in [-0.25, -0.2) is 4.79 Å². The quantitative estimate of drug-likeness (QED) is 0.792. The van der Waals surface area contributed by atoms with E-state index < -0.39 is 5.97 Å². The summed E-state index contributed by atoms with van der Waals surface area (Å²) in [6.45, 7) is 7.24. The highest BCUT2D eigenvalue weighted by Crippen LogP contribution is 2.10. The molecule has 0 aromatic carbocycles. The summed E-state index contributed by atoms with van der Waals surface area (Å²) in [7, 11) is 0. The fraction of sp³-hybridized carbons (Fsp3) is 0.833. The second kappa shape index (κ2) is 7.20. The van der Waals surface area contributed by atoms with Crippen LogP contribution in [0, 0.1) is 5.92 Å². The van der Waals surface area contributed by atoms with E-state index in [-0.39, 0.29) is 12.0 Å². The van der Waals surface area contributed by atoms with E-state index in [0.717, 1.165) is 0 Å². The molecule has 1 aliphatic rings. The van der Waals surface area contributed by atoms with E-state index in [9.17, 15) is 9.59 Å². The Morgan fingerprint density at radius 2 is 1.83 bits per heavy atom. The number of carbonyl (C=O) groups is 2. The zero-order valence-electron chi connectivity index (χ0n) is 11.1. The van der Waals surface area contributed by atoms with Crippen LogP contribution in [0.1, 0.15) is 20.3 Å².